The van der Waals surface area contributed by atoms with E-state index < -0.39 is 5.97 Å². The van der Waals surface area contributed by atoms with Crippen molar-refractivity contribution in [3.63, 3.8) is 0 Å². The normalized spacial score (nSPS) is 10.4. The van der Waals surface area contributed by atoms with E-state index in [1.165, 1.54) is 0 Å². The van der Waals surface area contributed by atoms with E-state index in [4.69, 9.17) is 25.1 Å². The Kier molecular flexibility index (Phi) is 10.8. The van der Waals surface area contributed by atoms with E-state index in [-0.39, 0.29) is 18.7 Å². The van der Waals surface area contributed by atoms with Crippen LogP contribution >= 0.6 is 0 Å². The summed E-state index contributed by atoms with van der Waals surface area (Å²) in [5.74, 6) is -0.589. The van der Waals surface area contributed by atoms with Gasteiger partial charge < -0.3 is 30.4 Å². The predicted molar refractivity (Wildman–Crippen MR) is 92.5 cm³/mol. The molecule has 8 nitrogen and oxygen atoms in total. The molecule has 1 rings (SSSR count). The summed E-state index contributed by atoms with van der Waals surface area (Å²) in [6.07, 6.45) is 0.510. The molecule has 0 saturated heterocycles. The molecular formula is C17H26N2O6. The maximum absolute atomic E-state index is 11.3. The number of ether oxygens (including phenoxy) is 3. The van der Waals surface area contributed by atoms with Crippen LogP contribution in [0, 0.1) is 0 Å². The smallest absolute Gasteiger partial charge is 0.303 e. The highest BCUT2D eigenvalue weighted by atomic mass is 16.5. The fourth-order valence-corrected chi connectivity index (χ4v) is 1.86. The summed E-state index contributed by atoms with van der Waals surface area (Å²) in [6.45, 7) is 2.73. The Labute approximate surface area is 147 Å². The second-order valence-electron chi connectivity index (χ2n) is 5.21. The highest BCUT2D eigenvalue weighted by Gasteiger charge is 2.04. The molecule has 25 heavy (non-hydrogen) atoms. The second-order valence-corrected chi connectivity index (χ2v) is 5.21. The summed E-state index contributed by atoms with van der Waals surface area (Å²) in [7, 11) is 0. The number of aliphatic carboxylic acids is 1. The van der Waals surface area contributed by atoms with Crippen molar-refractivity contribution in [1.82, 2.24) is 5.32 Å². The summed E-state index contributed by atoms with van der Waals surface area (Å²) >= 11 is 0. The molecule has 0 fully saturated rings. The molecule has 0 aliphatic heterocycles. The Hall–Kier alpha value is -2.32. The first-order chi connectivity index (χ1) is 12.1. The molecule has 0 saturated carbocycles. The van der Waals surface area contributed by atoms with Gasteiger partial charge in [-0.15, -0.1) is 0 Å². The molecule has 0 unspecified atom stereocenters. The zero-order valence-corrected chi connectivity index (χ0v) is 14.2. The van der Waals surface area contributed by atoms with Crippen LogP contribution in [0.4, 0.5) is 5.69 Å². The Morgan fingerprint density at radius 3 is 2.40 bits per heavy atom. The van der Waals surface area contributed by atoms with Crippen molar-refractivity contribution in [2.24, 2.45) is 0 Å². The molecule has 8 heteroatoms. The lowest BCUT2D eigenvalue weighted by atomic mass is 10.3. The average molecular weight is 354 g/mol. The molecule has 0 aliphatic rings. The first-order valence-electron chi connectivity index (χ1n) is 8.21. The van der Waals surface area contributed by atoms with Gasteiger partial charge in [-0.3, -0.25) is 9.59 Å². The second kappa shape index (κ2) is 13.0. The van der Waals surface area contributed by atoms with Gasteiger partial charge in [0, 0.05) is 19.6 Å². The van der Waals surface area contributed by atoms with Crippen LogP contribution < -0.4 is 15.8 Å². The van der Waals surface area contributed by atoms with Crippen molar-refractivity contribution in [1.29, 1.82) is 0 Å². The van der Waals surface area contributed by atoms with Gasteiger partial charge in [-0.25, -0.2) is 0 Å². The fourth-order valence-electron chi connectivity index (χ4n) is 1.86. The van der Waals surface area contributed by atoms with Crippen LogP contribution in [0.15, 0.2) is 24.3 Å². The molecule has 1 aromatic carbocycles. The van der Waals surface area contributed by atoms with Crippen LogP contribution in [-0.4, -0.2) is 56.6 Å². The standard InChI is InChI=1S/C17H26N2O6/c18-14-4-1-2-5-15(14)25-13-12-24-11-10-23-9-3-8-19-16(20)6-7-17(21)22/h1-2,4-5H,3,6-13,18H2,(H,19,20)(H,21,22). The SMILES string of the molecule is Nc1ccccc1OCCOCCOCCCNC(=O)CCC(=O)O. The summed E-state index contributed by atoms with van der Waals surface area (Å²) in [5, 5.41) is 11.1. The van der Waals surface area contributed by atoms with Crippen molar-refractivity contribution in [3.05, 3.63) is 24.3 Å². The molecule has 0 atom stereocenters. The minimum absolute atomic E-state index is 0.000727. The van der Waals surface area contributed by atoms with Crippen LogP contribution in [-0.2, 0) is 19.1 Å². The zero-order chi connectivity index (χ0) is 18.3. The number of rotatable bonds is 14. The summed E-state index contributed by atoms with van der Waals surface area (Å²) in [5.41, 5.74) is 6.35. The Bertz CT molecular complexity index is 524. The number of para-hydroxylation sites is 2. The maximum Gasteiger partial charge on any atom is 0.303 e. The number of carboxylic acid groups (broad SMARTS) is 1. The predicted octanol–water partition coefficient (Wildman–Crippen LogP) is 1.05. The van der Waals surface area contributed by atoms with Gasteiger partial charge in [0.1, 0.15) is 12.4 Å². The van der Waals surface area contributed by atoms with E-state index in [2.05, 4.69) is 5.32 Å². The maximum atomic E-state index is 11.3. The van der Waals surface area contributed by atoms with E-state index >= 15 is 0 Å². The lowest BCUT2D eigenvalue weighted by molar-refractivity contribution is -0.138. The van der Waals surface area contributed by atoms with E-state index in [9.17, 15) is 9.59 Å². The molecule has 4 N–H and O–H groups in total. The molecular weight excluding hydrogens is 328 g/mol. The summed E-state index contributed by atoms with van der Waals surface area (Å²) in [6, 6.07) is 7.28. The van der Waals surface area contributed by atoms with Crippen LogP contribution in [0.25, 0.3) is 0 Å². The third-order valence-electron chi connectivity index (χ3n) is 3.13. The molecule has 0 aliphatic carbocycles. The number of carbonyl (C=O) groups is 2. The van der Waals surface area contributed by atoms with E-state index in [1.54, 1.807) is 12.1 Å². The van der Waals surface area contributed by atoms with Crippen LogP contribution in [0.1, 0.15) is 19.3 Å². The quantitative estimate of drug-likeness (QED) is 0.337. The van der Waals surface area contributed by atoms with Crippen molar-refractivity contribution >= 4 is 17.6 Å². The molecule has 0 bridgehead atoms. The lowest BCUT2D eigenvalue weighted by Crippen LogP contribution is -2.25. The minimum Gasteiger partial charge on any atom is -0.489 e. The van der Waals surface area contributed by atoms with Gasteiger partial charge in [0.2, 0.25) is 5.91 Å². The number of carbonyl (C=O) groups excluding carboxylic acids is 1. The van der Waals surface area contributed by atoms with Gasteiger partial charge in [0.05, 0.1) is 31.9 Å². The number of hydrogen-bond acceptors (Lipinski definition) is 6. The zero-order valence-electron chi connectivity index (χ0n) is 14.2. The molecule has 1 aromatic rings. The first kappa shape index (κ1) is 20.7. The number of carboxylic acids is 1. The monoisotopic (exact) mass is 354 g/mol. The van der Waals surface area contributed by atoms with Gasteiger partial charge >= 0.3 is 5.97 Å². The van der Waals surface area contributed by atoms with E-state index in [0.29, 0.717) is 57.4 Å². The molecule has 0 aromatic heterocycles. The highest BCUT2D eigenvalue weighted by Crippen LogP contribution is 2.19. The summed E-state index contributed by atoms with van der Waals surface area (Å²) in [4.78, 5) is 21.6. The van der Waals surface area contributed by atoms with Crippen LogP contribution in [0.5, 0.6) is 5.75 Å². The number of benzene rings is 1. The summed E-state index contributed by atoms with van der Waals surface area (Å²) < 4.78 is 16.2. The van der Waals surface area contributed by atoms with Crippen molar-refractivity contribution in [3.8, 4) is 5.75 Å². The first-order valence-corrected chi connectivity index (χ1v) is 8.21. The van der Waals surface area contributed by atoms with Crippen molar-refractivity contribution in [2.75, 3.05) is 45.3 Å². The minimum atomic E-state index is -0.976. The molecule has 0 radical (unpaired) electrons. The van der Waals surface area contributed by atoms with Crippen LogP contribution in [0.3, 0.4) is 0 Å². The van der Waals surface area contributed by atoms with Gasteiger partial charge in [-0.1, -0.05) is 12.1 Å². The average Bonchev–Trinajstić information content (AvgIpc) is 2.59. The Morgan fingerprint density at radius 2 is 1.68 bits per heavy atom. The van der Waals surface area contributed by atoms with Gasteiger partial charge in [0.25, 0.3) is 0 Å². The van der Waals surface area contributed by atoms with Gasteiger partial charge in [0.15, 0.2) is 0 Å². The molecule has 1 amide bonds. The molecule has 140 valence electrons. The van der Waals surface area contributed by atoms with E-state index in [0.717, 1.165) is 0 Å². The van der Waals surface area contributed by atoms with Gasteiger partial charge in [-0.2, -0.15) is 0 Å². The Balaban J connectivity index is 1.85. The van der Waals surface area contributed by atoms with E-state index in [1.807, 2.05) is 12.1 Å². The Morgan fingerprint density at radius 1 is 1.00 bits per heavy atom. The molecule has 0 spiro atoms. The number of hydrogen-bond donors (Lipinski definition) is 3. The third-order valence-corrected chi connectivity index (χ3v) is 3.13. The number of nitrogen functional groups attached to an aromatic ring is 1. The van der Waals surface area contributed by atoms with Gasteiger partial charge in [-0.05, 0) is 18.6 Å². The number of anilines is 1. The topological polar surface area (TPSA) is 120 Å². The lowest BCUT2D eigenvalue weighted by Gasteiger charge is -2.09. The number of nitrogens with two attached hydrogens (primary N) is 1. The number of nitrogens with one attached hydrogen (secondary N) is 1. The van der Waals surface area contributed by atoms with Crippen molar-refractivity contribution in [2.45, 2.75) is 19.3 Å². The van der Waals surface area contributed by atoms with Crippen molar-refractivity contribution < 1.29 is 28.9 Å². The number of amides is 1. The fraction of sp³-hybridized carbons (Fsp3) is 0.529. The highest BCUT2D eigenvalue weighted by molar-refractivity contribution is 5.80. The molecule has 0 heterocycles. The van der Waals surface area contributed by atoms with Crippen LogP contribution in [0.2, 0.25) is 0 Å². The largest absolute Gasteiger partial charge is 0.489 e. The third kappa shape index (κ3) is 11.0.